The van der Waals surface area contributed by atoms with Gasteiger partial charge in [0.05, 0.1) is 11.9 Å². The van der Waals surface area contributed by atoms with Crippen LogP contribution >= 0.6 is 0 Å². The summed E-state index contributed by atoms with van der Waals surface area (Å²) in [6, 6.07) is 40.2. The molecule has 2 aromatic heterocycles. The van der Waals surface area contributed by atoms with Crippen LogP contribution in [0.25, 0.3) is 21.5 Å². The van der Waals surface area contributed by atoms with Crippen LogP contribution in [0.3, 0.4) is 0 Å². The van der Waals surface area contributed by atoms with Gasteiger partial charge in [-0.3, -0.25) is 0 Å². The molecular formula is C101H202N6. The molecule has 12 rings (SSSR count). The maximum absolute atomic E-state index is 3.81. The Morgan fingerprint density at radius 1 is 0.327 bits per heavy atom. The Morgan fingerprint density at radius 3 is 0.888 bits per heavy atom. The van der Waals surface area contributed by atoms with Crippen molar-refractivity contribution < 1.29 is 0 Å². The third kappa shape index (κ3) is 136. The van der Waals surface area contributed by atoms with Gasteiger partial charge in [0.15, 0.2) is 0 Å². The molecule has 636 valence electrons. The van der Waals surface area contributed by atoms with E-state index in [2.05, 4.69) is 200 Å². The van der Waals surface area contributed by atoms with E-state index in [1.807, 2.05) is 309 Å². The number of nitrogens with zero attached hydrogens (tertiary/aromatic N) is 6. The second-order valence-corrected chi connectivity index (χ2v) is 18.3. The molecule has 7 aromatic rings. The second-order valence-electron chi connectivity index (χ2n) is 18.3. The molecule has 3 saturated carbocycles. The Morgan fingerprint density at radius 2 is 0.664 bits per heavy atom. The van der Waals surface area contributed by atoms with Crippen molar-refractivity contribution in [2.45, 2.75) is 416 Å². The predicted molar refractivity (Wildman–Crippen MR) is 515 cm³/mol. The quantitative estimate of drug-likeness (QED) is 0.152. The molecule has 0 aliphatic heterocycles. The number of hydrogen-bond acceptors (Lipinski definition) is 6. The highest BCUT2D eigenvalue weighted by Gasteiger charge is 2.09. The van der Waals surface area contributed by atoms with Gasteiger partial charge in [-0.25, -0.2) is 19.9 Å². The average molecular weight is 1500 g/mol. The molecule has 1 atom stereocenters. The first-order valence-electron chi connectivity index (χ1n) is 45.0. The van der Waals surface area contributed by atoms with Crippen LogP contribution in [-0.2, 0) is 6.42 Å². The van der Waals surface area contributed by atoms with Gasteiger partial charge in [-0.1, -0.05) is 521 Å². The lowest BCUT2D eigenvalue weighted by molar-refractivity contribution is 0.346. The van der Waals surface area contributed by atoms with Crippen LogP contribution in [-0.4, -0.2) is 30.1 Å². The zero-order chi connectivity index (χ0) is 88.3. The van der Waals surface area contributed by atoms with E-state index in [4.69, 9.17) is 0 Å². The minimum Gasteiger partial charge on any atom is -0.238 e. The summed E-state index contributed by atoms with van der Waals surface area (Å²) in [5, 5.41) is 12.4. The highest BCUT2D eigenvalue weighted by Crippen LogP contribution is 2.25. The smallest absolute Gasteiger partial charge is 0.138 e. The van der Waals surface area contributed by atoms with Gasteiger partial charge in [0.1, 0.15) is 24.8 Å². The van der Waals surface area contributed by atoms with Crippen molar-refractivity contribution in [3.63, 3.8) is 0 Å². The number of hydrogen-bond donors (Lipinski definition) is 0. The Labute approximate surface area is 680 Å². The van der Waals surface area contributed by atoms with Crippen LogP contribution in [0.4, 0.5) is 0 Å². The number of aryl methyl sites for hydroxylation is 5. The summed E-state index contributed by atoms with van der Waals surface area (Å²) in [5.74, 6) is 4.59. The van der Waals surface area contributed by atoms with Crippen LogP contribution in [0, 0.1) is 51.4 Å². The van der Waals surface area contributed by atoms with Gasteiger partial charge in [-0.05, 0) is 96.9 Å². The van der Waals surface area contributed by atoms with Crippen molar-refractivity contribution >= 4 is 21.5 Å². The molecule has 0 radical (unpaired) electrons. The maximum atomic E-state index is 3.81. The highest BCUT2D eigenvalue weighted by molar-refractivity contribution is 5.85. The van der Waals surface area contributed by atoms with E-state index in [0.717, 1.165) is 41.6 Å². The molecule has 5 aliphatic carbocycles. The number of benzene rings is 5. The van der Waals surface area contributed by atoms with E-state index in [9.17, 15) is 0 Å². The minimum absolute atomic E-state index is 0.759. The zero-order valence-electron chi connectivity index (χ0n) is 82.6. The molecule has 5 aromatic carbocycles. The number of allylic oxidation sites excluding steroid dienone is 4. The first-order valence-corrected chi connectivity index (χ1v) is 45.0. The summed E-state index contributed by atoms with van der Waals surface area (Å²) in [4.78, 5) is 14.9. The Bertz CT molecular complexity index is 2230. The monoisotopic (exact) mass is 1500 g/mol. The normalized spacial score (nSPS) is 10.8. The molecule has 0 amide bonds. The standard InChI is InChI=1S/C12H12.C11H10.C7H8.C6H12.C5H10.C5H8.2C4H5N3.C4H6.C3H6.20C2H6/c1-2-10-7-8-11-5-3-4-6-12(11)9-10;1-9-5-4-7-10-6-2-3-8-11(9)10;1-7-5-3-2-4-6-7;1-6-4-2-3-5-6;2*1-5-3-2-4-5;1-4-6-2-5-3-7-4;1-4-2-6-7-3-5-4;1-4-2-3-4;1-2-3-1;20*1-2/h3-9H,2H2,1H3;2-8H,1H3;2-6H,1H3;6H,2-5H2,1H3;5H,2-4H2,1H3;2-3,5H,4H2,1H3;2*2-3H,1H3;2-4H,1H3;1-3H2;20*1-2H3. The fraction of sp³-hybridized carbons (Fsp3) is 0.644. The van der Waals surface area contributed by atoms with Crippen molar-refractivity contribution in [1.29, 1.82) is 0 Å². The molecule has 107 heavy (non-hydrogen) atoms. The molecule has 1 unspecified atom stereocenters. The van der Waals surface area contributed by atoms with E-state index >= 15 is 0 Å². The van der Waals surface area contributed by atoms with E-state index in [-0.39, 0.29) is 0 Å². The molecule has 6 nitrogen and oxygen atoms in total. The molecule has 6 heteroatoms. The SMILES string of the molecule is C1CC1.CC.CC.CC.CC.CC.CC.CC.CC.CC.CC.CC.CC.CC.CC.CC.CC.CC.CC.CC.CC.CC1C=C1.CC1C=CC1.CC1CCC1.CC1CCCC1.CCc1ccc2ccccc2c1.Cc1cccc2ccccc12.Cc1ccccc1.Cc1cnncn1.Cc1ncncn1. The Balaban J connectivity index is -0.0000000494. The van der Waals surface area contributed by atoms with E-state index in [0.29, 0.717) is 0 Å². The summed E-state index contributed by atoms with van der Waals surface area (Å²) < 4.78 is 0. The Hall–Kier alpha value is -5.88. The molecule has 5 aliphatic rings. The van der Waals surface area contributed by atoms with Crippen LogP contribution in [0.2, 0.25) is 0 Å². The minimum atomic E-state index is 0.759. The number of aromatic nitrogens is 6. The van der Waals surface area contributed by atoms with Crippen LogP contribution in [0.5, 0.6) is 0 Å². The van der Waals surface area contributed by atoms with Crippen LogP contribution in [0.1, 0.15) is 410 Å². The summed E-state index contributed by atoms with van der Waals surface area (Å²) in [6.07, 6.45) is 32.1. The second kappa shape index (κ2) is 161. The van der Waals surface area contributed by atoms with Gasteiger partial charge in [-0.15, -0.1) is 5.10 Å². The van der Waals surface area contributed by atoms with Gasteiger partial charge < -0.3 is 0 Å². The third-order valence-electron chi connectivity index (χ3n) is 11.4. The number of fused-ring (bicyclic) bond motifs is 2. The van der Waals surface area contributed by atoms with Gasteiger partial charge in [0.25, 0.3) is 0 Å². The van der Waals surface area contributed by atoms with Crippen LogP contribution in [0.15, 0.2) is 165 Å². The van der Waals surface area contributed by atoms with Crippen molar-refractivity contribution in [1.82, 2.24) is 30.1 Å². The van der Waals surface area contributed by atoms with Crippen molar-refractivity contribution in [3.05, 3.63) is 193 Å². The summed E-state index contributed by atoms with van der Waals surface area (Å²) in [7, 11) is 0. The topological polar surface area (TPSA) is 77.3 Å². The molecule has 0 N–H and O–H groups in total. The highest BCUT2D eigenvalue weighted by atomic mass is 15.1. The van der Waals surface area contributed by atoms with Crippen molar-refractivity contribution in [3.8, 4) is 0 Å². The number of rotatable bonds is 1. The first-order chi connectivity index (χ1) is 52.5. The van der Waals surface area contributed by atoms with Gasteiger partial charge in [-0.2, -0.15) is 5.10 Å². The van der Waals surface area contributed by atoms with Gasteiger partial charge in [0, 0.05) is 0 Å². The molecule has 0 spiro atoms. The van der Waals surface area contributed by atoms with Gasteiger partial charge >= 0.3 is 0 Å². The van der Waals surface area contributed by atoms with E-state index in [1.54, 1.807) is 6.20 Å². The largest absolute Gasteiger partial charge is 0.238 e. The van der Waals surface area contributed by atoms with Crippen LogP contribution < -0.4 is 0 Å². The lowest BCUT2D eigenvalue weighted by Gasteiger charge is -2.18. The fourth-order valence-corrected chi connectivity index (χ4v) is 6.24. The van der Waals surface area contributed by atoms with Crippen molar-refractivity contribution in [2.24, 2.45) is 23.7 Å². The van der Waals surface area contributed by atoms with E-state index < -0.39 is 0 Å². The van der Waals surface area contributed by atoms with E-state index in [1.165, 1.54) is 128 Å². The molecule has 0 saturated heterocycles. The first kappa shape index (κ1) is 147. The maximum Gasteiger partial charge on any atom is 0.138 e. The third-order valence-corrected chi connectivity index (χ3v) is 11.4. The summed E-state index contributed by atoms with van der Waals surface area (Å²) in [6.45, 7) is 99.1. The summed E-state index contributed by atoms with van der Waals surface area (Å²) in [5.41, 5.74) is 4.98. The molecule has 3 fully saturated rings. The zero-order valence-corrected chi connectivity index (χ0v) is 82.6. The lowest BCUT2D eigenvalue weighted by Crippen LogP contribution is -2.04. The summed E-state index contributed by atoms with van der Waals surface area (Å²) >= 11 is 0. The molecule has 0 bridgehead atoms. The molecule has 2 heterocycles. The van der Waals surface area contributed by atoms with Gasteiger partial charge in [0.2, 0.25) is 0 Å². The lowest BCUT2D eigenvalue weighted by atomic mass is 9.88. The predicted octanol–water partition coefficient (Wildman–Crippen LogP) is 37.4. The fourth-order valence-electron chi connectivity index (χ4n) is 6.24. The Kier molecular flexibility index (Phi) is 221. The average Bonchev–Trinajstić information content (AvgIpc) is 1.69. The van der Waals surface area contributed by atoms with Crippen molar-refractivity contribution in [2.75, 3.05) is 0 Å². The molecular weight excluding hydrogens is 1300 g/mol.